The predicted octanol–water partition coefficient (Wildman–Crippen LogP) is 6.57. The average Bonchev–Trinajstić information content (AvgIpc) is 2.57. The molecule has 22 heavy (non-hydrogen) atoms. The van der Waals surface area contributed by atoms with E-state index in [4.69, 9.17) is 22.5 Å². The predicted molar refractivity (Wildman–Crippen MR) is 99.4 cm³/mol. The van der Waals surface area contributed by atoms with E-state index in [1.165, 1.54) is 0 Å². The molecule has 0 aliphatic carbocycles. The zero-order valence-electron chi connectivity index (χ0n) is 11.7. The molecule has 3 aromatic rings. The van der Waals surface area contributed by atoms with Crippen molar-refractivity contribution >= 4 is 51.5 Å². The van der Waals surface area contributed by atoms with Crippen LogP contribution in [0.4, 0.5) is 17.1 Å². The van der Waals surface area contributed by atoms with E-state index in [1.54, 1.807) is 0 Å². The first-order valence-electron chi connectivity index (χ1n) is 6.88. The van der Waals surface area contributed by atoms with Gasteiger partial charge < -0.3 is 4.90 Å². The van der Waals surface area contributed by atoms with E-state index < -0.39 is 6.63 Å². The first-order valence-corrected chi connectivity index (χ1v) is 10.0. The fourth-order valence-corrected chi connectivity index (χ4v) is 3.37. The lowest BCUT2D eigenvalue weighted by Gasteiger charge is -2.25. The monoisotopic (exact) mass is 345 g/mol. The highest BCUT2D eigenvalue weighted by molar-refractivity contribution is 8.08. The van der Waals surface area contributed by atoms with Crippen LogP contribution in [0.15, 0.2) is 84.9 Å². The van der Waals surface area contributed by atoms with E-state index in [0.29, 0.717) is 0 Å². The maximum absolute atomic E-state index is 5.99. The Morgan fingerprint density at radius 2 is 0.955 bits per heavy atom. The maximum atomic E-state index is 5.99. The molecule has 0 fully saturated rings. The van der Waals surface area contributed by atoms with E-state index in [-0.39, 0.29) is 0 Å². The molecule has 0 radical (unpaired) electrons. The van der Waals surface area contributed by atoms with Crippen LogP contribution in [0.25, 0.3) is 0 Å². The summed E-state index contributed by atoms with van der Waals surface area (Å²) < 4.78 is 0. The van der Waals surface area contributed by atoms with Gasteiger partial charge in [-0.25, -0.2) is 0 Å². The minimum atomic E-state index is -1.11. The van der Waals surface area contributed by atoms with Crippen LogP contribution >= 0.6 is 29.1 Å². The largest absolute Gasteiger partial charge is 0.311 e. The van der Waals surface area contributed by atoms with Crippen LogP contribution in [0.2, 0.25) is 0 Å². The van der Waals surface area contributed by atoms with Gasteiger partial charge in [0.25, 0.3) is 0 Å². The Hall–Kier alpha value is -1.53. The van der Waals surface area contributed by atoms with Crippen molar-refractivity contribution in [2.75, 3.05) is 4.90 Å². The Morgan fingerprint density at radius 3 is 1.36 bits per heavy atom. The first kappa shape index (κ1) is 15.4. The molecule has 0 aliphatic rings. The summed E-state index contributed by atoms with van der Waals surface area (Å²) in [7, 11) is 0. The second-order valence-electron chi connectivity index (χ2n) is 4.76. The quantitative estimate of drug-likeness (QED) is 0.483. The smallest absolute Gasteiger partial charge is 0.116 e. The molecular formula is C18H14Cl2NP. The molecule has 0 atom stereocenters. The van der Waals surface area contributed by atoms with Crippen molar-refractivity contribution < 1.29 is 0 Å². The Labute approximate surface area is 141 Å². The number of para-hydroxylation sites is 2. The van der Waals surface area contributed by atoms with Gasteiger partial charge in [0.05, 0.1) is 0 Å². The molecule has 1 nitrogen and oxygen atoms in total. The summed E-state index contributed by atoms with van der Waals surface area (Å²) in [6.07, 6.45) is 0. The first-order chi connectivity index (χ1) is 10.8. The Bertz CT molecular complexity index is 676. The van der Waals surface area contributed by atoms with Gasteiger partial charge in [-0.15, -0.1) is 0 Å². The van der Waals surface area contributed by atoms with E-state index >= 15 is 0 Å². The number of hydrogen-bond acceptors (Lipinski definition) is 1. The second kappa shape index (κ2) is 7.15. The van der Waals surface area contributed by atoms with Gasteiger partial charge in [-0.05, 0) is 36.4 Å². The topological polar surface area (TPSA) is 3.24 Å². The van der Waals surface area contributed by atoms with Gasteiger partial charge in [-0.3, -0.25) is 0 Å². The lowest BCUT2D eigenvalue weighted by atomic mass is 10.2. The third kappa shape index (κ3) is 3.44. The van der Waals surface area contributed by atoms with Crippen LogP contribution < -0.4 is 10.2 Å². The molecule has 3 rings (SSSR count). The van der Waals surface area contributed by atoms with Crippen molar-refractivity contribution in [3.05, 3.63) is 84.9 Å². The van der Waals surface area contributed by atoms with Gasteiger partial charge in [0.1, 0.15) is 6.63 Å². The molecule has 110 valence electrons. The van der Waals surface area contributed by atoms with Gasteiger partial charge in [0, 0.05) is 22.4 Å². The Kier molecular flexibility index (Phi) is 5.00. The second-order valence-corrected chi connectivity index (χ2v) is 8.29. The molecular weight excluding hydrogens is 332 g/mol. The standard InChI is InChI=1S/C18H14Cl2NP/c19-22(20)18-13-11-17(12-14-18)21(15-7-3-1-4-8-15)16-9-5-2-6-10-16/h1-14H. The van der Waals surface area contributed by atoms with Crippen molar-refractivity contribution in [2.45, 2.75) is 0 Å². The van der Waals surface area contributed by atoms with Gasteiger partial charge in [-0.1, -0.05) is 71.0 Å². The van der Waals surface area contributed by atoms with Gasteiger partial charge >= 0.3 is 0 Å². The summed E-state index contributed by atoms with van der Waals surface area (Å²) in [5.41, 5.74) is 3.30. The normalized spacial score (nSPS) is 10.7. The maximum Gasteiger partial charge on any atom is 0.116 e. The summed E-state index contributed by atoms with van der Waals surface area (Å²) in [6.45, 7) is -1.11. The molecule has 0 aliphatic heterocycles. The number of hydrogen-bond donors (Lipinski definition) is 0. The molecule has 0 spiro atoms. The van der Waals surface area contributed by atoms with E-state index in [0.717, 1.165) is 22.4 Å². The summed E-state index contributed by atoms with van der Waals surface area (Å²) in [5.74, 6) is 0. The number of benzene rings is 3. The molecule has 0 saturated carbocycles. The molecule has 3 aromatic carbocycles. The lowest BCUT2D eigenvalue weighted by molar-refractivity contribution is 1.29. The molecule has 0 saturated heterocycles. The third-order valence-corrected chi connectivity index (χ3v) is 5.19. The van der Waals surface area contributed by atoms with Crippen LogP contribution in [0.1, 0.15) is 0 Å². The van der Waals surface area contributed by atoms with Crippen molar-refractivity contribution in [3.63, 3.8) is 0 Å². The highest BCUT2D eigenvalue weighted by Crippen LogP contribution is 2.45. The van der Waals surface area contributed by atoms with Crippen LogP contribution in [0, 0.1) is 0 Å². The van der Waals surface area contributed by atoms with Crippen LogP contribution in [-0.4, -0.2) is 0 Å². The number of rotatable bonds is 4. The highest BCUT2D eigenvalue weighted by atomic mass is 35.9. The zero-order valence-corrected chi connectivity index (χ0v) is 14.1. The summed E-state index contributed by atoms with van der Waals surface area (Å²) in [4.78, 5) is 2.20. The molecule has 0 bridgehead atoms. The van der Waals surface area contributed by atoms with E-state index in [2.05, 4.69) is 41.3 Å². The van der Waals surface area contributed by atoms with Crippen LogP contribution in [0.5, 0.6) is 0 Å². The molecule has 4 heteroatoms. The summed E-state index contributed by atoms with van der Waals surface area (Å²) in [6, 6.07) is 28.6. The third-order valence-electron chi connectivity index (χ3n) is 3.33. The summed E-state index contributed by atoms with van der Waals surface area (Å²) in [5, 5.41) is 0.961. The molecule has 0 amide bonds. The number of anilines is 3. The minimum Gasteiger partial charge on any atom is -0.311 e. The summed E-state index contributed by atoms with van der Waals surface area (Å²) >= 11 is 12.0. The Balaban J connectivity index is 2.06. The molecule has 0 N–H and O–H groups in total. The highest BCUT2D eigenvalue weighted by Gasteiger charge is 2.12. The average molecular weight is 346 g/mol. The van der Waals surface area contributed by atoms with Crippen LogP contribution in [-0.2, 0) is 0 Å². The molecule has 0 heterocycles. The van der Waals surface area contributed by atoms with Gasteiger partial charge in [-0.2, -0.15) is 0 Å². The fourth-order valence-electron chi connectivity index (χ4n) is 2.32. The number of halogens is 2. The van der Waals surface area contributed by atoms with Gasteiger partial charge in [0.15, 0.2) is 0 Å². The van der Waals surface area contributed by atoms with Crippen molar-refractivity contribution in [1.82, 2.24) is 0 Å². The lowest BCUT2D eigenvalue weighted by Crippen LogP contribution is -2.10. The molecule has 0 unspecified atom stereocenters. The Morgan fingerprint density at radius 1 is 0.545 bits per heavy atom. The van der Waals surface area contributed by atoms with E-state index in [1.807, 2.05) is 48.5 Å². The minimum absolute atomic E-state index is 0.961. The fraction of sp³-hybridized carbons (Fsp3) is 0. The zero-order chi connectivity index (χ0) is 15.4. The van der Waals surface area contributed by atoms with Crippen molar-refractivity contribution in [1.29, 1.82) is 0 Å². The van der Waals surface area contributed by atoms with E-state index in [9.17, 15) is 0 Å². The molecule has 0 aromatic heterocycles. The number of nitrogens with zero attached hydrogens (tertiary/aromatic N) is 1. The van der Waals surface area contributed by atoms with Crippen LogP contribution in [0.3, 0.4) is 0 Å². The SMILES string of the molecule is ClP(Cl)c1ccc(N(c2ccccc2)c2ccccc2)cc1. The van der Waals surface area contributed by atoms with Crippen molar-refractivity contribution in [3.8, 4) is 0 Å². The van der Waals surface area contributed by atoms with Crippen molar-refractivity contribution in [2.24, 2.45) is 0 Å². The van der Waals surface area contributed by atoms with Gasteiger partial charge in [0.2, 0.25) is 0 Å².